The zero-order valence-corrected chi connectivity index (χ0v) is 37.9. The predicted molar refractivity (Wildman–Crippen MR) is 250 cm³/mol. The fourth-order valence-corrected chi connectivity index (χ4v) is 8.82. The normalized spacial score (nSPS) is 15.2. The summed E-state index contributed by atoms with van der Waals surface area (Å²) in [4.78, 5) is 30.6. The Labute approximate surface area is 386 Å². The van der Waals surface area contributed by atoms with E-state index in [9.17, 15) is 14.7 Å². The Hall–Kier alpha value is -7.34. The van der Waals surface area contributed by atoms with Crippen molar-refractivity contribution in [3.05, 3.63) is 172 Å². The molecular weight excluding hydrogens is 837 g/mol. The van der Waals surface area contributed by atoms with Gasteiger partial charge in [-0.2, -0.15) is 0 Å². The number of phenolic OH excluding ortho intramolecular Hbond substituents is 1. The van der Waals surface area contributed by atoms with Crippen LogP contribution in [-0.4, -0.2) is 67.6 Å². The van der Waals surface area contributed by atoms with Gasteiger partial charge in [0, 0.05) is 18.7 Å². The van der Waals surface area contributed by atoms with Crippen molar-refractivity contribution in [1.82, 2.24) is 9.80 Å². The van der Waals surface area contributed by atoms with E-state index < -0.39 is 24.3 Å². The molecule has 0 aliphatic carbocycles. The van der Waals surface area contributed by atoms with Crippen LogP contribution in [-0.2, 0) is 48.4 Å². The zero-order chi connectivity index (χ0) is 46.0. The third-order valence-electron chi connectivity index (χ3n) is 12.1. The molecule has 6 aromatic carbocycles. The van der Waals surface area contributed by atoms with Crippen molar-refractivity contribution in [2.75, 3.05) is 40.5 Å². The van der Waals surface area contributed by atoms with E-state index in [0.29, 0.717) is 74.8 Å². The lowest BCUT2D eigenvalue weighted by atomic mass is 9.87. The van der Waals surface area contributed by atoms with Crippen molar-refractivity contribution in [3.63, 3.8) is 0 Å². The fraction of sp³-hybridized carbons (Fsp3) is 0.296. The summed E-state index contributed by atoms with van der Waals surface area (Å²) in [6, 6.07) is 40.3. The molecule has 2 heterocycles. The van der Waals surface area contributed by atoms with Crippen LogP contribution < -0.4 is 23.7 Å². The van der Waals surface area contributed by atoms with E-state index in [-0.39, 0.29) is 24.7 Å². The van der Waals surface area contributed by atoms with E-state index in [0.717, 1.165) is 50.4 Å². The highest BCUT2D eigenvalue weighted by Gasteiger charge is 2.38. The number of amides is 2. The average Bonchev–Trinajstić information content (AvgIpc) is 3.34. The maximum atomic E-state index is 13.6. The number of phenols is 1. The Balaban J connectivity index is 1.11. The Morgan fingerprint density at radius 1 is 0.576 bits per heavy atom. The van der Waals surface area contributed by atoms with Crippen LogP contribution in [0, 0.1) is 0 Å². The van der Waals surface area contributed by atoms with Gasteiger partial charge in [-0.15, -0.1) is 0 Å². The van der Waals surface area contributed by atoms with Crippen molar-refractivity contribution < 1.29 is 47.9 Å². The van der Waals surface area contributed by atoms with Gasteiger partial charge in [0.1, 0.15) is 24.7 Å². The van der Waals surface area contributed by atoms with Crippen LogP contribution in [0.1, 0.15) is 70.4 Å². The van der Waals surface area contributed by atoms with E-state index in [1.54, 1.807) is 36.8 Å². The molecule has 0 radical (unpaired) electrons. The second kappa shape index (κ2) is 21.1. The topological polar surface area (TPSA) is 125 Å². The number of carbonyl (C=O) groups excluding carboxylic acids is 2. The van der Waals surface area contributed by atoms with Crippen LogP contribution in [0.25, 0.3) is 0 Å². The van der Waals surface area contributed by atoms with Crippen molar-refractivity contribution >= 4 is 12.2 Å². The molecule has 342 valence electrons. The molecule has 6 aromatic rings. The number of hydrogen-bond acceptors (Lipinski definition) is 10. The monoisotopic (exact) mass is 892 g/mol. The molecule has 66 heavy (non-hydrogen) atoms. The molecule has 8 rings (SSSR count). The maximum absolute atomic E-state index is 13.6. The van der Waals surface area contributed by atoms with Crippen LogP contribution >= 0.6 is 0 Å². The average molecular weight is 893 g/mol. The molecule has 2 aliphatic rings. The van der Waals surface area contributed by atoms with Crippen LogP contribution in [0.15, 0.2) is 127 Å². The highest BCUT2D eigenvalue weighted by Crippen LogP contribution is 2.51. The van der Waals surface area contributed by atoms with E-state index >= 15 is 0 Å². The van der Waals surface area contributed by atoms with E-state index in [1.807, 2.05) is 121 Å². The van der Waals surface area contributed by atoms with Gasteiger partial charge >= 0.3 is 12.2 Å². The molecule has 12 nitrogen and oxygen atoms in total. The van der Waals surface area contributed by atoms with E-state index in [4.69, 9.17) is 33.2 Å². The molecule has 0 saturated heterocycles. The first-order chi connectivity index (χ1) is 32.3. The third kappa shape index (κ3) is 10.3. The molecule has 2 aliphatic heterocycles. The zero-order valence-electron chi connectivity index (χ0n) is 37.9. The van der Waals surface area contributed by atoms with Crippen LogP contribution in [0.4, 0.5) is 9.59 Å². The summed E-state index contributed by atoms with van der Waals surface area (Å²) in [7, 11) is 3.07. The summed E-state index contributed by atoms with van der Waals surface area (Å²) in [6.07, 6.45) is 1.03. The minimum Gasteiger partial charge on any atom is -0.504 e. The summed E-state index contributed by atoms with van der Waals surface area (Å²) >= 11 is 0. The van der Waals surface area contributed by atoms with Gasteiger partial charge in [0.15, 0.2) is 23.0 Å². The van der Waals surface area contributed by atoms with E-state index in [2.05, 4.69) is 0 Å². The molecule has 0 unspecified atom stereocenters. The quantitative estimate of drug-likeness (QED) is 0.100. The number of ether oxygens (including phenoxy) is 7. The Morgan fingerprint density at radius 2 is 1.09 bits per heavy atom. The Morgan fingerprint density at radius 3 is 1.59 bits per heavy atom. The summed E-state index contributed by atoms with van der Waals surface area (Å²) in [5.74, 6) is 2.63. The lowest BCUT2D eigenvalue weighted by Crippen LogP contribution is -2.41. The lowest BCUT2D eigenvalue weighted by Gasteiger charge is -2.38. The molecule has 2 amide bonds. The molecule has 0 aromatic heterocycles. The van der Waals surface area contributed by atoms with Crippen LogP contribution in [0.3, 0.4) is 0 Å². The number of carbonyl (C=O) groups is 2. The minimum absolute atomic E-state index is 0.147. The largest absolute Gasteiger partial charge is 0.504 e. The molecular formula is C54H56N2O10. The van der Waals surface area contributed by atoms with Crippen molar-refractivity contribution in [2.24, 2.45) is 0 Å². The number of nitrogens with zero attached hydrogens (tertiary/aromatic N) is 2. The summed E-state index contributed by atoms with van der Waals surface area (Å²) in [5, 5.41) is 11.7. The first-order valence-corrected chi connectivity index (χ1v) is 22.5. The molecule has 2 atom stereocenters. The minimum atomic E-state index is -0.522. The van der Waals surface area contributed by atoms with Crippen molar-refractivity contribution in [2.45, 2.75) is 64.8 Å². The summed E-state index contributed by atoms with van der Waals surface area (Å²) < 4.78 is 42.0. The second-order valence-corrected chi connectivity index (χ2v) is 16.2. The van der Waals surface area contributed by atoms with Gasteiger partial charge in [0.05, 0.1) is 39.5 Å². The predicted octanol–water partition coefficient (Wildman–Crippen LogP) is 11.0. The van der Waals surface area contributed by atoms with Crippen LogP contribution in [0.2, 0.25) is 0 Å². The second-order valence-electron chi connectivity index (χ2n) is 16.2. The Kier molecular flexibility index (Phi) is 14.5. The SMILES string of the molecule is CCOC(=O)N1CCc2c(cc(O)c(OC)c2Oc2cc3c(cc2OC)CCN(C(=O)OCC)[C@H]3Cc2ccc(OCc3ccccc3)cc2)[C@H]1Cc1ccc(OCc2ccccc2)cc1. The van der Waals surface area contributed by atoms with Crippen LogP contribution in [0.5, 0.6) is 40.2 Å². The van der Waals surface area contributed by atoms with Crippen molar-refractivity contribution in [1.29, 1.82) is 0 Å². The van der Waals surface area contributed by atoms with Gasteiger partial charge in [-0.1, -0.05) is 84.9 Å². The molecule has 0 spiro atoms. The molecule has 0 bridgehead atoms. The lowest BCUT2D eigenvalue weighted by molar-refractivity contribution is 0.0856. The van der Waals surface area contributed by atoms with Gasteiger partial charge in [-0.3, -0.25) is 0 Å². The molecule has 1 N–H and O–H groups in total. The maximum Gasteiger partial charge on any atom is 0.410 e. The smallest absolute Gasteiger partial charge is 0.410 e. The highest BCUT2D eigenvalue weighted by atomic mass is 16.6. The number of aromatic hydroxyl groups is 1. The molecule has 0 fully saturated rings. The van der Waals surface area contributed by atoms with Gasteiger partial charge in [0.25, 0.3) is 0 Å². The fourth-order valence-electron chi connectivity index (χ4n) is 8.82. The number of benzene rings is 6. The van der Waals surface area contributed by atoms with Gasteiger partial charge in [0.2, 0.25) is 5.75 Å². The number of rotatable bonds is 16. The number of hydrogen-bond donors (Lipinski definition) is 1. The first-order valence-electron chi connectivity index (χ1n) is 22.5. The van der Waals surface area contributed by atoms with Crippen molar-refractivity contribution in [3.8, 4) is 40.2 Å². The first kappa shape index (κ1) is 45.2. The van der Waals surface area contributed by atoms with Gasteiger partial charge in [-0.05, 0) is 121 Å². The standard InChI is InChI=1S/C54H56N2O10/c1-5-62-53(58)55-27-25-40-31-49(60-3)50(33-44(40)46(55)29-36-17-21-41(22-18-36)64-34-38-13-9-7-10-14-38)66-51-43-26-28-56(54(59)63-6-2)47(45(43)32-48(57)52(51)61-4)30-37-19-23-42(24-20-37)65-35-39-15-11-8-12-16-39/h7-24,31-33,46-47,57H,5-6,25-30,34-35H2,1-4H3/t46-,47+/m0/s1. The number of fused-ring (bicyclic) bond motifs is 2. The van der Waals surface area contributed by atoms with E-state index in [1.165, 1.54) is 7.11 Å². The van der Waals surface area contributed by atoms with Gasteiger partial charge < -0.3 is 48.1 Å². The van der Waals surface area contributed by atoms with Gasteiger partial charge in [-0.25, -0.2) is 9.59 Å². The highest BCUT2D eigenvalue weighted by molar-refractivity contribution is 5.72. The Bertz CT molecular complexity index is 2590. The third-order valence-corrected chi connectivity index (χ3v) is 12.1. The molecule has 12 heteroatoms. The summed E-state index contributed by atoms with van der Waals surface area (Å²) in [6.45, 7) is 5.71. The molecule has 0 saturated carbocycles. The summed E-state index contributed by atoms with van der Waals surface area (Å²) in [5.41, 5.74) is 7.47. The number of methoxy groups -OCH3 is 2.